The number of nitrogens with zero attached hydrogens (tertiary/aromatic N) is 4. The number of hydrogen-bond acceptors (Lipinski definition) is 5. The van der Waals surface area contributed by atoms with Gasteiger partial charge in [0.15, 0.2) is 0 Å². The number of benzene rings is 12. The standard InChI is InChI=1S/C30H20N4.C30H19N3/c31-24-16-27-29(22-13-5-3-11-20(22)24)33-30-23-14-6-4-12-21(23)25(32)17-28(30)34(27)26-15-7-9-18-8-1-2-10-19(18)26;31-25-18-28-30(24-14-6-5-13-23(24)25)32-29-22-12-4-2-9-20(22)16-17-27(29)33(28)26-15-7-10-19-8-1-3-11-21(19)26/h1-17H,(H3,31,32);1-18,31H/p+2. The van der Waals surface area contributed by atoms with Gasteiger partial charge >= 0.3 is 0 Å². The monoisotopic (exact) mass is 859 g/mol. The molecule has 0 unspecified atom stereocenters. The zero-order valence-electron chi connectivity index (χ0n) is 36.2. The average Bonchev–Trinajstić information content (AvgIpc) is 3.38. The van der Waals surface area contributed by atoms with Crippen LogP contribution < -0.4 is 26.3 Å². The Kier molecular flexibility index (Phi) is 8.53. The van der Waals surface area contributed by atoms with Crippen molar-refractivity contribution in [1.29, 1.82) is 0 Å². The Morgan fingerprint density at radius 3 is 0.970 bits per heavy atom. The number of fused-ring (bicyclic) bond motifs is 14. The molecule has 0 aliphatic rings. The van der Waals surface area contributed by atoms with Crippen LogP contribution in [0.4, 0.5) is 17.1 Å². The fraction of sp³-hybridized carbons (Fsp3) is 0. The third-order valence-corrected chi connectivity index (χ3v) is 13.4. The molecule has 7 heteroatoms. The van der Waals surface area contributed by atoms with Gasteiger partial charge in [-0.25, -0.2) is 9.97 Å². The second kappa shape index (κ2) is 14.9. The maximum atomic E-state index is 6.58. The van der Waals surface area contributed by atoms with Crippen molar-refractivity contribution in [3.05, 3.63) is 212 Å². The maximum Gasteiger partial charge on any atom is 0.240 e. The van der Waals surface area contributed by atoms with Crippen molar-refractivity contribution in [2.24, 2.45) is 0 Å². The van der Waals surface area contributed by atoms with Crippen molar-refractivity contribution < 1.29 is 9.13 Å². The minimum absolute atomic E-state index is 0.729. The number of aromatic nitrogens is 4. The first-order valence-electron chi connectivity index (χ1n) is 22.4. The van der Waals surface area contributed by atoms with Gasteiger partial charge in [-0.05, 0) is 34.4 Å². The van der Waals surface area contributed by atoms with Gasteiger partial charge in [0, 0.05) is 91.2 Å². The third-order valence-electron chi connectivity index (χ3n) is 13.4. The molecule has 14 rings (SSSR count). The normalized spacial score (nSPS) is 11.8. The first-order chi connectivity index (χ1) is 33.0. The SMILES string of the molecule is Nc1cc2c(nc3c4ccccc4c(N)cc3[n+]2-c2cccc3ccccc23)c2ccccc12.Nc1cc2c(nc3c4ccccc4ccc3[n+]2-c2cccc3ccccc23)c2ccccc12. The van der Waals surface area contributed by atoms with E-state index in [9.17, 15) is 0 Å². The molecule has 0 aliphatic heterocycles. The van der Waals surface area contributed by atoms with Gasteiger partial charge in [-0.1, -0.05) is 158 Å². The molecule has 0 saturated carbocycles. The lowest BCUT2D eigenvalue weighted by atomic mass is 10.0. The Morgan fingerprint density at radius 2 is 0.552 bits per heavy atom. The van der Waals surface area contributed by atoms with E-state index in [1.807, 2.05) is 42.5 Å². The maximum absolute atomic E-state index is 6.58. The average molecular weight is 860 g/mol. The Bertz CT molecular complexity index is 4280. The van der Waals surface area contributed by atoms with E-state index in [1.54, 1.807) is 0 Å². The Morgan fingerprint density at radius 1 is 0.254 bits per heavy atom. The van der Waals surface area contributed by atoms with Crippen LogP contribution in [0.15, 0.2) is 212 Å². The summed E-state index contributed by atoms with van der Waals surface area (Å²) in [6.07, 6.45) is 0. The van der Waals surface area contributed by atoms with Crippen LogP contribution in [0.3, 0.4) is 0 Å². The minimum atomic E-state index is 0.729. The van der Waals surface area contributed by atoms with Crippen LogP contribution in [-0.2, 0) is 0 Å². The molecule has 0 amide bonds. The predicted molar refractivity (Wildman–Crippen MR) is 280 cm³/mol. The van der Waals surface area contributed by atoms with Crippen LogP contribution in [0, 0.1) is 0 Å². The molecule has 0 saturated heterocycles. The summed E-state index contributed by atoms with van der Waals surface area (Å²) in [5, 5.41) is 13.2. The molecule has 2 heterocycles. The van der Waals surface area contributed by atoms with E-state index in [-0.39, 0.29) is 0 Å². The summed E-state index contributed by atoms with van der Waals surface area (Å²) in [4.78, 5) is 10.5. The lowest BCUT2D eigenvalue weighted by Crippen LogP contribution is -2.34. The van der Waals surface area contributed by atoms with Crippen LogP contribution in [0.2, 0.25) is 0 Å². The number of hydrogen-bond donors (Lipinski definition) is 3. The van der Waals surface area contributed by atoms with E-state index >= 15 is 0 Å². The molecule has 0 atom stereocenters. The fourth-order valence-electron chi connectivity index (χ4n) is 10.3. The number of nitrogen functional groups attached to an aromatic ring is 3. The number of rotatable bonds is 2. The Balaban J connectivity index is 0.000000133. The summed E-state index contributed by atoms with van der Waals surface area (Å²) < 4.78 is 4.60. The number of anilines is 3. The van der Waals surface area contributed by atoms with Gasteiger partial charge in [0.1, 0.15) is 22.1 Å². The summed E-state index contributed by atoms with van der Waals surface area (Å²) in [7, 11) is 0. The molecule has 7 nitrogen and oxygen atoms in total. The molecule has 0 aliphatic carbocycles. The molecular weight excluding hydrogens is 819 g/mol. The summed E-state index contributed by atoms with van der Waals surface area (Å²) in [5.74, 6) is 0. The molecule has 14 aromatic rings. The van der Waals surface area contributed by atoms with E-state index in [0.717, 1.165) is 116 Å². The largest absolute Gasteiger partial charge is 0.398 e. The van der Waals surface area contributed by atoms with Gasteiger partial charge in [0.05, 0.1) is 10.8 Å². The smallest absolute Gasteiger partial charge is 0.240 e. The summed E-state index contributed by atoms with van der Waals surface area (Å²) >= 11 is 0. The van der Waals surface area contributed by atoms with Crippen LogP contribution in [0.5, 0.6) is 0 Å². The zero-order chi connectivity index (χ0) is 44.8. The fourth-order valence-corrected chi connectivity index (χ4v) is 10.3. The summed E-state index contributed by atoms with van der Waals surface area (Å²) in [6, 6.07) is 73.4. The molecule has 0 fully saturated rings. The number of nitrogens with two attached hydrogens (primary N) is 3. The molecule has 0 radical (unpaired) electrons. The quantitative estimate of drug-likeness (QED) is 0.0694. The van der Waals surface area contributed by atoms with Crippen LogP contribution in [0.25, 0.3) is 120 Å². The summed E-state index contributed by atoms with van der Waals surface area (Å²) in [6.45, 7) is 0. The second-order valence-electron chi connectivity index (χ2n) is 17.2. The van der Waals surface area contributed by atoms with Gasteiger partial charge < -0.3 is 17.2 Å². The highest BCUT2D eigenvalue weighted by molar-refractivity contribution is 6.15. The zero-order valence-corrected chi connectivity index (χ0v) is 36.2. The van der Waals surface area contributed by atoms with E-state index in [2.05, 4.69) is 179 Å². The molecule has 2 aromatic heterocycles. The molecule has 67 heavy (non-hydrogen) atoms. The Hall–Kier alpha value is -9.20. The highest BCUT2D eigenvalue weighted by Crippen LogP contribution is 2.36. The van der Waals surface area contributed by atoms with E-state index < -0.39 is 0 Å². The first kappa shape index (κ1) is 38.3. The molecule has 12 aromatic carbocycles. The van der Waals surface area contributed by atoms with Gasteiger partial charge in [0.25, 0.3) is 0 Å². The van der Waals surface area contributed by atoms with Crippen LogP contribution >= 0.6 is 0 Å². The van der Waals surface area contributed by atoms with Crippen LogP contribution in [-0.4, -0.2) is 9.97 Å². The third kappa shape index (κ3) is 5.92. The van der Waals surface area contributed by atoms with Crippen molar-refractivity contribution in [1.82, 2.24) is 9.97 Å². The van der Waals surface area contributed by atoms with Crippen molar-refractivity contribution >= 4 is 126 Å². The second-order valence-corrected chi connectivity index (χ2v) is 17.2. The molecular formula is C60H41N7+2. The van der Waals surface area contributed by atoms with Crippen molar-refractivity contribution in [2.45, 2.75) is 0 Å². The summed E-state index contributed by atoms with van der Waals surface area (Å²) in [5.41, 5.74) is 31.9. The van der Waals surface area contributed by atoms with Gasteiger partial charge in [-0.15, -0.1) is 9.13 Å². The van der Waals surface area contributed by atoms with Gasteiger partial charge in [-0.3, -0.25) is 0 Å². The lowest BCUT2D eigenvalue weighted by molar-refractivity contribution is -0.536. The van der Waals surface area contributed by atoms with Gasteiger partial charge in [-0.2, -0.15) is 0 Å². The molecule has 0 spiro atoms. The van der Waals surface area contributed by atoms with Crippen molar-refractivity contribution in [3.63, 3.8) is 0 Å². The first-order valence-corrected chi connectivity index (χ1v) is 22.4. The lowest BCUT2D eigenvalue weighted by Gasteiger charge is -2.12. The van der Waals surface area contributed by atoms with E-state index in [0.29, 0.717) is 0 Å². The highest BCUT2D eigenvalue weighted by Gasteiger charge is 2.27. The Labute approximate surface area is 384 Å². The molecule has 6 N–H and O–H groups in total. The van der Waals surface area contributed by atoms with Crippen LogP contribution in [0.1, 0.15) is 0 Å². The molecule has 0 bridgehead atoms. The highest BCUT2D eigenvalue weighted by atomic mass is 15.0. The van der Waals surface area contributed by atoms with Crippen molar-refractivity contribution in [3.8, 4) is 11.4 Å². The van der Waals surface area contributed by atoms with Crippen molar-refractivity contribution in [2.75, 3.05) is 17.2 Å². The van der Waals surface area contributed by atoms with Gasteiger partial charge in [0.2, 0.25) is 33.4 Å². The molecule has 314 valence electrons. The predicted octanol–water partition coefficient (Wildman–Crippen LogP) is 13.0. The van der Waals surface area contributed by atoms with E-state index in [1.165, 1.54) is 21.5 Å². The topological polar surface area (TPSA) is 112 Å². The minimum Gasteiger partial charge on any atom is -0.398 e. The van der Waals surface area contributed by atoms with E-state index in [4.69, 9.17) is 27.2 Å².